The number of hydrogen-bond acceptors (Lipinski definition) is 4. The molecule has 0 bridgehead atoms. The number of amides is 2. The molecule has 1 saturated heterocycles. The summed E-state index contributed by atoms with van der Waals surface area (Å²) in [5.74, 6) is -0.294. The zero-order chi connectivity index (χ0) is 16.6. The molecular formula is C16H17ClN2O4. The van der Waals surface area contributed by atoms with Crippen LogP contribution in [-0.2, 0) is 4.79 Å². The Morgan fingerprint density at radius 1 is 1.22 bits per heavy atom. The van der Waals surface area contributed by atoms with E-state index in [9.17, 15) is 14.7 Å². The largest absolute Gasteiger partial charge is 0.449 e. The van der Waals surface area contributed by atoms with Crippen molar-refractivity contribution in [3.8, 4) is 0 Å². The van der Waals surface area contributed by atoms with Crippen LogP contribution in [0.2, 0.25) is 5.02 Å². The first-order valence-electron chi connectivity index (χ1n) is 7.41. The number of hydrogen-bond donors (Lipinski definition) is 1. The van der Waals surface area contributed by atoms with Gasteiger partial charge >= 0.3 is 0 Å². The monoisotopic (exact) mass is 336 g/mol. The molecule has 0 radical (unpaired) electrons. The number of aliphatic hydroxyl groups is 1. The van der Waals surface area contributed by atoms with Gasteiger partial charge in [-0.3, -0.25) is 9.59 Å². The van der Waals surface area contributed by atoms with E-state index in [1.165, 1.54) is 6.92 Å². The summed E-state index contributed by atoms with van der Waals surface area (Å²) in [7, 11) is 0. The van der Waals surface area contributed by atoms with Crippen LogP contribution in [0.3, 0.4) is 0 Å². The van der Waals surface area contributed by atoms with Crippen molar-refractivity contribution in [1.82, 2.24) is 9.80 Å². The van der Waals surface area contributed by atoms with E-state index < -0.39 is 6.10 Å². The van der Waals surface area contributed by atoms with Crippen molar-refractivity contribution >= 4 is 34.4 Å². The average Bonchev–Trinajstić information content (AvgIpc) is 2.99. The molecule has 1 aliphatic rings. The lowest BCUT2D eigenvalue weighted by molar-refractivity contribution is -0.140. The molecule has 7 heteroatoms. The van der Waals surface area contributed by atoms with Gasteiger partial charge < -0.3 is 19.3 Å². The lowest BCUT2D eigenvalue weighted by Crippen LogP contribution is -2.52. The second-order valence-electron chi connectivity index (χ2n) is 5.56. The average molecular weight is 337 g/mol. The Morgan fingerprint density at radius 2 is 1.87 bits per heavy atom. The van der Waals surface area contributed by atoms with Gasteiger partial charge in [0.2, 0.25) is 0 Å². The van der Waals surface area contributed by atoms with Gasteiger partial charge in [0.15, 0.2) is 11.3 Å². The predicted octanol–water partition coefficient (Wildman–Crippen LogP) is 1.75. The quantitative estimate of drug-likeness (QED) is 0.906. The molecule has 3 rings (SSSR count). The van der Waals surface area contributed by atoms with Crippen molar-refractivity contribution in [3.63, 3.8) is 0 Å². The summed E-state index contributed by atoms with van der Waals surface area (Å²) >= 11 is 6.06. The van der Waals surface area contributed by atoms with Crippen molar-refractivity contribution < 1.29 is 19.1 Å². The molecule has 1 aliphatic heterocycles. The SMILES string of the molecule is CC(O)C(=O)N1CCN(C(=O)c2cc3cccc(Cl)c3o2)CC1. The number of rotatable bonds is 2. The van der Waals surface area contributed by atoms with Crippen molar-refractivity contribution in [2.45, 2.75) is 13.0 Å². The maximum absolute atomic E-state index is 12.5. The molecule has 1 aromatic carbocycles. The smallest absolute Gasteiger partial charge is 0.289 e. The maximum atomic E-state index is 12.5. The van der Waals surface area contributed by atoms with E-state index in [0.717, 1.165) is 5.39 Å². The number of para-hydroxylation sites is 1. The number of piperazine rings is 1. The number of carbonyl (C=O) groups excluding carboxylic acids is 2. The molecule has 1 N–H and O–H groups in total. The van der Waals surface area contributed by atoms with Gasteiger partial charge in [0.25, 0.3) is 11.8 Å². The van der Waals surface area contributed by atoms with Gasteiger partial charge in [-0.2, -0.15) is 0 Å². The normalized spacial score (nSPS) is 16.7. The first-order chi connectivity index (χ1) is 11.0. The standard InChI is InChI=1S/C16H17ClN2O4/c1-10(20)15(21)18-5-7-19(8-6-18)16(22)13-9-11-3-2-4-12(17)14(11)23-13/h2-4,9-10,20H,5-8H2,1H3. The van der Waals surface area contributed by atoms with Gasteiger partial charge in [-0.1, -0.05) is 23.7 Å². The Labute approximate surface area is 138 Å². The van der Waals surface area contributed by atoms with Crippen LogP contribution in [0.4, 0.5) is 0 Å². The van der Waals surface area contributed by atoms with E-state index in [2.05, 4.69) is 0 Å². The van der Waals surface area contributed by atoms with Crippen LogP contribution in [0, 0.1) is 0 Å². The van der Waals surface area contributed by atoms with E-state index in [4.69, 9.17) is 16.0 Å². The van der Waals surface area contributed by atoms with Gasteiger partial charge in [0.05, 0.1) is 5.02 Å². The molecule has 1 atom stereocenters. The molecule has 2 amide bonds. The lowest BCUT2D eigenvalue weighted by atomic mass is 10.2. The lowest BCUT2D eigenvalue weighted by Gasteiger charge is -2.34. The summed E-state index contributed by atoms with van der Waals surface area (Å²) in [5, 5.41) is 10.6. The minimum atomic E-state index is -1.02. The van der Waals surface area contributed by atoms with Crippen LogP contribution < -0.4 is 0 Å². The van der Waals surface area contributed by atoms with Crippen LogP contribution in [0.25, 0.3) is 11.0 Å². The second kappa shape index (κ2) is 6.22. The fraction of sp³-hybridized carbons (Fsp3) is 0.375. The zero-order valence-corrected chi connectivity index (χ0v) is 13.4. The molecule has 2 heterocycles. The number of nitrogens with zero attached hydrogens (tertiary/aromatic N) is 2. The molecule has 1 fully saturated rings. The molecule has 0 aliphatic carbocycles. The summed E-state index contributed by atoms with van der Waals surface area (Å²) in [6.45, 7) is 3.05. The Balaban J connectivity index is 1.71. The summed E-state index contributed by atoms with van der Waals surface area (Å²) in [5.41, 5.74) is 0.500. The van der Waals surface area contributed by atoms with Gasteiger partial charge in [-0.05, 0) is 19.1 Å². The molecular weight excluding hydrogens is 320 g/mol. The molecule has 0 saturated carbocycles. The van der Waals surface area contributed by atoms with Crippen LogP contribution >= 0.6 is 11.6 Å². The first kappa shape index (κ1) is 15.8. The highest BCUT2D eigenvalue weighted by Gasteiger charge is 2.28. The van der Waals surface area contributed by atoms with Gasteiger partial charge in [0.1, 0.15) is 6.10 Å². The summed E-state index contributed by atoms with van der Waals surface area (Å²) in [6, 6.07) is 7.02. The highest BCUT2D eigenvalue weighted by Crippen LogP contribution is 2.27. The summed E-state index contributed by atoms with van der Waals surface area (Å²) < 4.78 is 5.58. The number of aliphatic hydroxyl groups excluding tert-OH is 1. The van der Waals surface area contributed by atoms with Crippen molar-refractivity contribution in [3.05, 3.63) is 35.0 Å². The van der Waals surface area contributed by atoms with Crippen molar-refractivity contribution in [2.75, 3.05) is 26.2 Å². The number of benzene rings is 1. The summed E-state index contributed by atoms with van der Waals surface area (Å²) in [4.78, 5) is 27.5. The number of fused-ring (bicyclic) bond motifs is 1. The zero-order valence-electron chi connectivity index (χ0n) is 12.7. The Bertz CT molecular complexity index is 748. The predicted molar refractivity (Wildman–Crippen MR) is 85.4 cm³/mol. The molecule has 0 spiro atoms. The van der Waals surface area contributed by atoms with E-state index in [1.807, 2.05) is 6.07 Å². The van der Waals surface area contributed by atoms with Crippen molar-refractivity contribution in [1.29, 1.82) is 0 Å². The molecule has 2 aromatic rings. The van der Waals surface area contributed by atoms with Crippen LogP contribution in [-0.4, -0.2) is 59.0 Å². The fourth-order valence-corrected chi connectivity index (χ4v) is 2.90. The topological polar surface area (TPSA) is 74.0 Å². The number of halogens is 1. The highest BCUT2D eigenvalue weighted by molar-refractivity contribution is 6.34. The maximum Gasteiger partial charge on any atom is 0.289 e. The second-order valence-corrected chi connectivity index (χ2v) is 5.97. The molecule has 1 unspecified atom stereocenters. The Kier molecular flexibility index (Phi) is 4.28. The van der Waals surface area contributed by atoms with E-state index >= 15 is 0 Å². The highest BCUT2D eigenvalue weighted by atomic mass is 35.5. The molecule has 122 valence electrons. The number of carbonyl (C=O) groups is 2. The first-order valence-corrected chi connectivity index (χ1v) is 7.79. The van der Waals surface area contributed by atoms with E-state index in [1.54, 1.807) is 28.0 Å². The minimum Gasteiger partial charge on any atom is -0.449 e. The van der Waals surface area contributed by atoms with Gasteiger partial charge in [0, 0.05) is 31.6 Å². The third-order valence-corrected chi connectivity index (χ3v) is 4.24. The summed E-state index contributed by atoms with van der Waals surface area (Å²) in [6.07, 6.45) is -1.02. The van der Waals surface area contributed by atoms with Crippen LogP contribution in [0.1, 0.15) is 17.5 Å². The van der Waals surface area contributed by atoms with Crippen LogP contribution in [0.15, 0.2) is 28.7 Å². The van der Waals surface area contributed by atoms with E-state index in [-0.39, 0.29) is 17.6 Å². The molecule has 1 aromatic heterocycles. The molecule has 23 heavy (non-hydrogen) atoms. The third kappa shape index (κ3) is 3.04. The number of furan rings is 1. The van der Waals surface area contributed by atoms with Crippen molar-refractivity contribution in [2.24, 2.45) is 0 Å². The fourth-order valence-electron chi connectivity index (χ4n) is 2.68. The van der Waals surface area contributed by atoms with Crippen LogP contribution in [0.5, 0.6) is 0 Å². The van der Waals surface area contributed by atoms with Gasteiger partial charge in [-0.15, -0.1) is 0 Å². The molecule has 6 nitrogen and oxygen atoms in total. The minimum absolute atomic E-state index is 0.221. The van der Waals surface area contributed by atoms with Gasteiger partial charge in [-0.25, -0.2) is 0 Å². The third-order valence-electron chi connectivity index (χ3n) is 3.94. The Morgan fingerprint density at radius 3 is 2.48 bits per heavy atom. The Hall–Kier alpha value is -2.05. The van der Waals surface area contributed by atoms with E-state index in [0.29, 0.717) is 36.8 Å².